The number of rotatable bonds is 2. The van der Waals surface area contributed by atoms with Gasteiger partial charge in [-0.15, -0.1) is 0 Å². The molecule has 1 aromatic carbocycles. The maximum absolute atomic E-state index is 10.6. The average molecular weight is 200 g/mol. The second-order valence-corrected chi connectivity index (χ2v) is 3.53. The van der Waals surface area contributed by atoms with E-state index in [0.717, 1.165) is 16.5 Å². The number of aromatic amines is 1. The first-order valence-electron chi connectivity index (χ1n) is 4.72. The lowest BCUT2D eigenvalue weighted by molar-refractivity contribution is -0.113. The van der Waals surface area contributed by atoms with E-state index in [9.17, 15) is 4.79 Å². The molecule has 15 heavy (non-hydrogen) atoms. The molecule has 76 valence electrons. The topological polar surface area (TPSA) is 58.9 Å². The van der Waals surface area contributed by atoms with Gasteiger partial charge in [-0.05, 0) is 30.7 Å². The number of hydrogen-bond acceptors (Lipinski definition) is 1. The van der Waals surface area contributed by atoms with Crippen molar-refractivity contribution in [1.29, 1.82) is 0 Å². The molecular formula is C12H12N2O. The number of carbonyl (C=O) groups excluding carboxylic acids is 1. The van der Waals surface area contributed by atoms with Crippen LogP contribution in [0.4, 0.5) is 0 Å². The van der Waals surface area contributed by atoms with Crippen molar-refractivity contribution in [3.8, 4) is 0 Å². The molecule has 0 spiro atoms. The highest BCUT2D eigenvalue weighted by Crippen LogP contribution is 2.20. The molecule has 0 bridgehead atoms. The summed E-state index contributed by atoms with van der Waals surface area (Å²) in [6.07, 6.45) is 4.95. The number of hydrogen-bond donors (Lipinski definition) is 2. The quantitative estimate of drug-likeness (QED) is 0.715. The highest BCUT2D eigenvalue weighted by Gasteiger charge is 2.00. The number of carbonyl (C=O) groups is 1. The minimum Gasteiger partial charge on any atom is -0.366 e. The molecule has 0 aliphatic heterocycles. The Morgan fingerprint density at radius 3 is 3.00 bits per heavy atom. The third-order valence-corrected chi connectivity index (χ3v) is 2.30. The van der Waals surface area contributed by atoms with Crippen LogP contribution in [0.3, 0.4) is 0 Å². The number of nitrogens with two attached hydrogens (primary N) is 1. The van der Waals surface area contributed by atoms with Crippen LogP contribution in [-0.2, 0) is 4.79 Å². The van der Waals surface area contributed by atoms with E-state index in [-0.39, 0.29) is 0 Å². The van der Waals surface area contributed by atoms with Gasteiger partial charge in [-0.1, -0.05) is 11.6 Å². The lowest BCUT2D eigenvalue weighted by atomic mass is 10.1. The van der Waals surface area contributed by atoms with Gasteiger partial charge in [-0.2, -0.15) is 0 Å². The first kappa shape index (κ1) is 9.52. The van der Waals surface area contributed by atoms with Crippen molar-refractivity contribution in [2.24, 2.45) is 5.73 Å². The van der Waals surface area contributed by atoms with Crippen LogP contribution in [0.1, 0.15) is 11.1 Å². The van der Waals surface area contributed by atoms with E-state index in [2.05, 4.69) is 11.1 Å². The maximum atomic E-state index is 10.6. The van der Waals surface area contributed by atoms with Gasteiger partial charge in [0, 0.05) is 23.2 Å². The van der Waals surface area contributed by atoms with Crippen molar-refractivity contribution in [2.75, 3.05) is 0 Å². The molecule has 3 nitrogen and oxygen atoms in total. The zero-order chi connectivity index (χ0) is 10.8. The van der Waals surface area contributed by atoms with Crippen LogP contribution in [0.25, 0.3) is 17.0 Å². The van der Waals surface area contributed by atoms with Gasteiger partial charge in [0.25, 0.3) is 0 Å². The summed E-state index contributed by atoms with van der Waals surface area (Å²) < 4.78 is 0. The summed E-state index contributed by atoms with van der Waals surface area (Å²) in [5.41, 5.74) is 8.28. The molecule has 0 radical (unpaired) electrons. The molecule has 0 saturated heterocycles. The van der Waals surface area contributed by atoms with Crippen molar-refractivity contribution >= 4 is 22.9 Å². The molecule has 0 fully saturated rings. The molecule has 2 rings (SSSR count). The Morgan fingerprint density at radius 1 is 1.47 bits per heavy atom. The summed E-state index contributed by atoms with van der Waals surface area (Å²) in [7, 11) is 0. The number of fused-ring (bicyclic) bond motifs is 1. The number of amides is 1. The van der Waals surface area contributed by atoms with Gasteiger partial charge in [0.05, 0.1) is 0 Å². The summed E-state index contributed by atoms with van der Waals surface area (Å²) in [5, 5.41) is 1.10. The molecule has 0 unspecified atom stereocenters. The van der Waals surface area contributed by atoms with Gasteiger partial charge in [-0.3, -0.25) is 4.79 Å². The molecule has 0 aliphatic rings. The van der Waals surface area contributed by atoms with Gasteiger partial charge in [0.2, 0.25) is 5.91 Å². The number of primary amides is 1. The Labute approximate surface area is 87.6 Å². The predicted octanol–water partition coefficient (Wildman–Crippen LogP) is 1.97. The van der Waals surface area contributed by atoms with E-state index >= 15 is 0 Å². The Bertz CT molecular complexity index is 538. The van der Waals surface area contributed by atoms with E-state index < -0.39 is 5.91 Å². The van der Waals surface area contributed by atoms with E-state index in [1.807, 2.05) is 25.3 Å². The normalized spacial score (nSPS) is 11.3. The van der Waals surface area contributed by atoms with E-state index in [1.54, 1.807) is 6.08 Å². The average Bonchev–Trinajstić information content (AvgIpc) is 2.57. The third kappa shape index (κ3) is 1.91. The first-order valence-corrected chi connectivity index (χ1v) is 4.72. The van der Waals surface area contributed by atoms with Gasteiger partial charge < -0.3 is 10.7 Å². The molecule has 0 saturated carbocycles. The van der Waals surface area contributed by atoms with Crippen LogP contribution >= 0.6 is 0 Å². The standard InChI is InChI=1S/C12H12N2O/c1-8-2-4-11-10(6-8)9(7-14-11)3-5-12(13)15/h2-7,14H,1H3,(H2,13,15). The van der Waals surface area contributed by atoms with Gasteiger partial charge >= 0.3 is 0 Å². The molecule has 1 heterocycles. The summed E-state index contributed by atoms with van der Waals surface area (Å²) in [6.45, 7) is 2.04. The maximum Gasteiger partial charge on any atom is 0.241 e. The van der Waals surface area contributed by atoms with Crippen LogP contribution in [0.5, 0.6) is 0 Å². The first-order chi connectivity index (χ1) is 7.16. The molecule has 3 N–H and O–H groups in total. The number of H-pyrrole nitrogens is 1. The zero-order valence-corrected chi connectivity index (χ0v) is 8.45. The molecule has 3 heteroatoms. The molecule has 1 aromatic heterocycles. The number of aryl methyl sites for hydroxylation is 1. The number of aromatic nitrogens is 1. The van der Waals surface area contributed by atoms with Gasteiger partial charge in [0.15, 0.2) is 0 Å². The van der Waals surface area contributed by atoms with Crippen LogP contribution in [0.2, 0.25) is 0 Å². The second kappa shape index (κ2) is 3.61. The molecule has 1 amide bonds. The fourth-order valence-electron chi connectivity index (χ4n) is 1.57. The Kier molecular flexibility index (Phi) is 2.29. The lowest BCUT2D eigenvalue weighted by Crippen LogP contribution is -2.04. The Balaban J connectivity index is 2.52. The summed E-state index contributed by atoms with van der Waals surface area (Å²) in [6, 6.07) is 6.14. The Morgan fingerprint density at radius 2 is 2.27 bits per heavy atom. The smallest absolute Gasteiger partial charge is 0.241 e. The van der Waals surface area contributed by atoms with Crippen molar-refractivity contribution < 1.29 is 4.79 Å². The van der Waals surface area contributed by atoms with Crippen molar-refractivity contribution in [1.82, 2.24) is 4.98 Å². The molecular weight excluding hydrogens is 188 g/mol. The summed E-state index contributed by atoms with van der Waals surface area (Å²) in [5.74, 6) is -0.433. The van der Waals surface area contributed by atoms with Crippen molar-refractivity contribution in [3.05, 3.63) is 41.6 Å². The summed E-state index contributed by atoms with van der Waals surface area (Å²) in [4.78, 5) is 13.8. The van der Waals surface area contributed by atoms with E-state index in [4.69, 9.17) is 5.73 Å². The van der Waals surface area contributed by atoms with E-state index in [1.165, 1.54) is 11.6 Å². The second-order valence-electron chi connectivity index (χ2n) is 3.53. The fourth-order valence-corrected chi connectivity index (χ4v) is 1.57. The molecule has 0 aliphatic carbocycles. The predicted molar refractivity (Wildman–Crippen MR) is 61.3 cm³/mol. The largest absolute Gasteiger partial charge is 0.366 e. The number of nitrogens with one attached hydrogen (secondary N) is 1. The van der Waals surface area contributed by atoms with Crippen LogP contribution < -0.4 is 5.73 Å². The number of benzene rings is 1. The van der Waals surface area contributed by atoms with Crippen LogP contribution in [0, 0.1) is 6.92 Å². The van der Waals surface area contributed by atoms with Crippen molar-refractivity contribution in [2.45, 2.75) is 6.92 Å². The minimum absolute atomic E-state index is 0.433. The van der Waals surface area contributed by atoms with Crippen LogP contribution in [0.15, 0.2) is 30.5 Å². The highest BCUT2D eigenvalue weighted by atomic mass is 16.1. The van der Waals surface area contributed by atoms with Crippen molar-refractivity contribution in [3.63, 3.8) is 0 Å². The SMILES string of the molecule is Cc1ccc2[nH]cc(C=CC(N)=O)c2c1. The van der Waals surface area contributed by atoms with Gasteiger partial charge in [-0.25, -0.2) is 0 Å². The Hall–Kier alpha value is -2.03. The van der Waals surface area contributed by atoms with Crippen LogP contribution in [-0.4, -0.2) is 10.9 Å². The highest BCUT2D eigenvalue weighted by molar-refractivity contribution is 5.95. The zero-order valence-electron chi connectivity index (χ0n) is 8.45. The molecule has 2 aromatic rings. The molecule has 0 atom stereocenters. The monoisotopic (exact) mass is 200 g/mol. The third-order valence-electron chi connectivity index (χ3n) is 2.30. The summed E-state index contributed by atoms with van der Waals surface area (Å²) >= 11 is 0. The van der Waals surface area contributed by atoms with Gasteiger partial charge in [0.1, 0.15) is 0 Å². The lowest BCUT2D eigenvalue weighted by Gasteiger charge is -1.94. The van der Waals surface area contributed by atoms with E-state index in [0.29, 0.717) is 0 Å². The fraction of sp³-hybridized carbons (Fsp3) is 0.0833. The minimum atomic E-state index is -0.433.